The Morgan fingerprint density at radius 2 is 1.83 bits per heavy atom. The zero-order chi connectivity index (χ0) is 20.2. The second-order valence-electron chi connectivity index (χ2n) is 6.58. The lowest BCUT2D eigenvalue weighted by Gasteiger charge is -2.01. The molecule has 2 aromatic heterocycles. The van der Waals surface area contributed by atoms with Crippen LogP contribution in [0.4, 0.5) is 0 Å². The SMILES string of the molecule is COc1ccc(-c2cnc(-c3cc[n+](Cc4cccc(C(N)=O)c4)cc3)o2)cc1. The number of ether oxygens (including phenoxy) is 1. The minimum absolute atomic E-state index is 0.427. The molecule has 2 aromatic carbocycles. The quantitative estimate of drug-likeness (QED) is 0.515. The largest absolute Gasteiger partial charge is 0.497 e. The van der Waals surface area contributed by atoms with Crippen LogP contribution in [-0.4, -0.2) is 18.0 Å². The van der Waals surface area contributed by atoms with E-state index in [1.165, 1.54) is 0 Å². The number of aromatic nitrogens is 2. The van der Waals surface area contributed by atoms with Gasteiger partial charge in [-0.2, -0.15) is 0 Å². The van der Waals surface area contributed by atoms with Crippen LogP contribution in [0.1, 0.15) is 15.9 Å². The third-order valence-electron chi connectivity index (χ3n) is 4.59. The van der Waals surface area contributed by atoms with E-state index in [0.717, 1.165) is 22.4 Å². The van der Waals surface area contributed by atoms with Crippen molar-refractivity contribution in [2.24, 2.45) is 5.73 Å². The number of amides is 1. The lowest BCUT2D eigenvalue weighted by atomic mass is 10.1. The lowest BCUT2D eigenvalue weighted by molar-refractivity contribution is -0.688. The molecule has 29 heavy (non-hydrogen) atoms. The van der Waals surface area contributed by atoms with Crippen molar-refractivity contribution in [2.45, 2.75) is 6.54 Å². The van der Waals surface area contributed by atoms with Gasteiger partial charge in [0.15, 0.2) is 24.7 Å². The molecule has 0 spiro atoms. The van der Waals surface area contributed by atoms with E-state index < -0.39 is 5.91 Å². The number of nitrogens with two attached hydrogens (primary N) is 1. The number of hydrogen-bond acceptors (Lipinski definition) is 4. The number of methoxy groups -OCH3 is 1. The van der Waals surface area contributed by atoms with E-state index in [4.69, 9.17) is 14.9 Å². The summed E-state index contributed by atoms with van der Waals surface area (Å²) >= 11 is 0. The van der Waals surface area contributed by atoms with Crippen LogP contribution in [0.15, 0.2) is 83.7 Å². The van der Waals surface area contributed by atoms with Crippen molar-refractivity contribution in [3.05, 3.63) is 90.4 Å². The van der Waals surface area contributed by atoms with Crippen LogP contribution in [-0.2, 0) is 6.54 Å². The van der Waals surface area contributed by atoms with E-state index in [0.29, 0.717) is 23.8 Å². The van der Waals surface area contributed by atoms with E-state index >= 15 is 0 Å². The Morgan fingerprint density at radius 3 is 2.52 bits per heavy atom. The summed E-state index contributed by atoms with van der Waals surface area (Å²) in [7, 11) is 1.64. The fourth-order valence-electron chi connectivity index (χ4n) is 3.04. The van der Waals surface area contributed by atoms with Gasteiger partial charge in [-0.05, 0) is 36.4 Å². The third-order valence-corrected chi connectivity index (χ3v) is 4.59. The van der Waals surface area contributed by atoms with Crippen LogP contribution >= 0.6 is 0 Å². The van der Waals surface area contributed by atoms with Crippen LogP contribution in [0.5, 0.6) is 5.75 Å². The lowest BCUT2D eigenvalue weighted by Crippen LogP contribution is -2.33. The molecule has 0 radical (unpaired) electrons. The average Bonchev–Trinajstić information content (AvgIpc) is 3.25. The summed E-state index contributed by atoms with van der Waals surface area (Å²) in [5.74, 6) is 1.62. The Kier molecular flexibility index (Phi) is 5.07. The molecule has 144 valence electrons. The highest BCUT2D eigenvalue weighted by Crippen LogP contribution is 2.26. The van der Waals surface area contributed by atoms with Crippen LogP contribution < -0.4 is 15.0 Å². The molecule has 0 aliphatic rings. The van der Waals surface area contributed by atoms with Crippen molar-refractivity contribution in [1.29, 1.82) is 0 Å². The van der Waals surface area contributed by atoms with Gasteiger partial charge in [-0.1, -0.05) is 12.1 Å². The molecule has 2 heterocycles. The van der Waals surface area contributed by atoms with Crippen LogP contribution in [0.2, 0.25) is 0 Å². The third kappa shape index (κ3) is 4.16. The molecule has 0 saturated carbocycles. The number of carbonyl (C=O) groups is 1. The maximum atomic E-state index is 11.3. The van der Waals surface area contributed by atoms with Gasteiger partial charge in [0.1, 0.15) is 5.75 Å². The highest BCUT2D eigenvalue weighted by atomic mass is 16.5. The van der Waals surface area contributed by atoms with E-state index in [1.807, 2.05) is 65.5 Å². The number of carbonyl (C=O) groups excluding carboxylic acids is 1. The minimum Gasteiger partial charge on any atom is -0.497 e. The first kappa shape index (κ1) is 18.4. The molecule has 0 saturated heterocycles. The molecular weight excluding hydrogens is 366 g/mol. The average molecular weight is 386 g/mol. The van der Waals surface area contributed by atoms with Gasteiger partial charge in [0.05, 0.1) is 13.3 Å². The Hall–Kier alpha value is -3.93. The first-order valence-electron chi connectivity index (χ1n) is 9.11. The molecule has 1 amide bonds. The van der Waals surface area contributed by atoms with Crippen molar-refractivity contribution >= 4 is 5.91 Å². The molecule has 2 N–H and O–H groups in total. The van der Waals surface area contributed by atoms with Crippen LogP contribution in [0.3, 0.4) is 0 Å². The molecular formula is C23H20N3O3+. The molecule has 0 unspecified atom stereocenters. The summed E-state index contributed by atoms with van der Waals surface area (Å²) in [5.41, 5.74) is 8.67. The van der Waals surface area contributed by atoms with Crippen molar-refractivity contribution in [3.8, 4) is 28.5 Å². The second kappa shape index (κ2) is 7.98. The second-order valence-corrected chi connectivity index (χ2v) is 6.58. The summed E-state index contributed by atoms with van der Waals surface area (Å²) in [4.78, 5) is 15.7. The van der Waals surface area contributed by atoms with Gasteiger partial charge in [-0.15, -0.1) is 0 Å². The monoisotopic (exact) mass is 386 g/mol. The predicted octanol–water partition coefficient (Wildman–Crippen LogP) is 3.45. The zero-order valence-electron chi connectivity index (χ0n) is 15.9. The first-order chi connectivity index (χ1) is 14.1. The molecule has 0 aliphatic heterocycles. The van der Waals surface area contributed by atoms with Crippen LogP contribution in [0.25, 0.3) is 22.8 Å². The normalized spacial score (nSPS) is 10.7. The fraction of sp³-hybridized carbons (Fsp3) is 0.0870. The molecule has 6 heteroatoms. The highest BCUT2D eigenvalue weighted by Gasteiger charge is 2.11. The van der Waals surface area contributed by atoms with Gasteiger partial charge in [0.25, 0.3) is 0 Å². The smallest absolute Gasteiger partial charge is 0.248 e. The number of oxazole rings is 1. The van der Waals surface area contributed by atoms with E-state index in [2.05, 4.69) is 4.98 Å². The Balaban J connectivity index is 1.50. The van der Waals surface area contributed by atoms with Gasteiger partial charge in [0.2, 0.25) is 11.8 Å². The van der Waals surface area contributed by atoms with Gasteiger partial charge >= 0.3 is 0 Å². The topological polar surface area (TPSA) is 82.2 Å². The number of nitrogens with zero attached hydrogens (tertiary/aromatic N) is 2. The molecule has 4 rings (SSSR count). The molecule has 4 aromatic rings. The highest BCUT2D eigenvalue weighted by molar-refractivity contribution is 5.92. The summed E-state index contributed by atoms with van der Waals surface area (Å²) in [6, 6.07) is 18.8. The van der Waals surface area contributed by atoms with E-state index in [9.17, 15) is 4.79 Å². The summed E-state index contributed by atoms with van der Waals surface area (Å²) < 4.78 is 13.1. The number of pyridine rings is 1. The fourth-order valence-corrected chi connectivity index (χ4v) is 3.04. The van der Waals surface area contributed by atoms with Crippen molar-refractivity contribution in [3.63, 3.8) is 0 Å². The van der Waals surface area contributed by atoms with Gasteiger partial charge in [0, 0.05) is 34.4 Å². The summed E-state index contributed by atoms with van der Waals surface area (Å²) in [6.45, 7) is 0.629. The first-order valence-corrected chi connectivity index (χ1v) is 9.11. The number of primary amides is 1. The minimum atomic E-state index is -0.427. The Morgan fingerprint density at radius 1 is 1.07 bits per heavy atom. The van der Waals surface area contributed by atoms with Crippen LogP contribution in [0, 0.1) is 0 Å². The Labute approximate surface area is 168 Å². The maximum Gasteiger partial charge on any atom is 0.248 e. The van der Waals surface area contributed by atoms with Crippen molar-refractivity contribution < 1.29 is 18.5 Å². The van der Waals surface area contributed by atoms with Gasteiger partial charge in [-0.3, -0.25) is 4.79 Å². The Bertz CT molecular complexity index is 1130. The number of rotatable bonds is 6. The molecule has 0 bridgehead atoms. The van der Waals surface area contributed by atoms with Gasteiger partial charge in [-0.25, -0.2) is 9.55 Å². The molecule has 0 aliphatic carbocycles. The van der Waals surface area contributed by atoms with Crippen molar-refractivity contribution in [2.75, 3.05) is 7.11 Å². The predicted molar refractivity (Wildman–Crippen MR) is 108 cm³/mol. The number of hydrogen-bond donors (Lipinski definition) is 1. The summed E-state index contributed by atoms with van der Waals surface area (Å²) in [6.07, 6.45) is 5.61. The maximum absolute atomic E-state index is 11.3. The zero-order valence-corrected chi connectivity index (χ0v) is 15.9. The van der Waals surface area contributed by atoms with Gasteiger partial charge < -0.3 is 14.9 Å². The molecule has 0 atom stereocenters. The van der Waals surface area contributed by atoms with Crippen molar-refractivity contribution in [1.82, 2.24) is 4.98 Å². The standard InChI is InChI=1S/C23H19N3O3/c1-28-20-7-5-17(6-8-20)21-14-25-23(29-21)18-9-11-26(12-10-18)15-16-3-2-4-19(13-16)22(24)27/h2-14H,15H2,1H3,(H-,24,27)/p+1. The molecule has 0 fully saturated rings. The summed E-state index contributed by atoms with van der Waals surface area (Å²) in [5, 5.41) is 0. The van der Waals surface area contributed by atoms with E-state index in [1.54, 1.807) is 25.4 Å². The van der Waals surface area contributed by atoms with E-state index in [-0.39, 0.29) is 0 Å². The molecule has 6 nitrogen and oxygen atoms in total. The number of benzene rings is 2.